The molecule has 0 atom stereocenters. The van der Waals surface area contributed by atoms with Gasteiger partial charge in [0.2, 0.25) is 0 Å². The Morgan fingerprint density at radius 3 is 1.44 bits per heavy atom. The van der Waals surface area contributed by atoms with E-state index in [-0.39, 0.29) is 0 Å². The van der Waals surface area contributed by atoms with E-state index in [0.717, 1.165) is 0 Å². The van der Waals surface area contributed by atoms with Crippen molar-refractivity contribution in [3.05, 3.63) is 61.1 Å². The Labute approximate surface area is 98.2 Å². The van der Waals surface area contributed by atoms with Crippen molar-refractivity contribution < 1.29 is 9.47 Å². The Morgan fingerprint density at radius 2 is 1.19 bits per heavy atom. The van der Waals surface area contributed by atoms with Crippen LogP contribution in [0, 0.1) is 13.8 Å². The third-order valence-corrected chi connectivity index (χ3v) is 1.77. The molecule has 0 aliphatic heterocycles. The zero-order valence-electron chi connectivity index (χ0n) is 10.1. The largest absolute Gasteiger partial charge is 0.498 e. The second kappa shape index (κ2) is 9.84. The van der Waals surface area contributed by atoms with Crippen molar-refractivity contribution in [2.45, 2.75) is 13.8 Å². The maximum absolute atomic E-state index is 4.73. The van der Waals surface area contributed by atoms with Crippen LogP contribution in [0.2, 0.25) is 0 Å². The smallest absolute Gasteiger partial charge is 0.121 e. The summed E-state index contributed by atoms with van der Waals surface area (Å²) in [6.07, 6.45) is 2.76. The van der Waals surface area contributed by atoms with Crippen LogP contribution in [-0.4, -0.2) is 13.2 Å². The molecule has 0 amide bonds. The molecule has 0 unspecified atom stereocenters. The minimum absolute atomic E-state index is 0.537. The summed E-state index contributed by atoms with van der Waals surface area (Å²) < 4.78 is 9.45. The monoisotopic (exact) mass is 220 g/mol. The van der Waals surface area contributed by atoms with E-state index in [4.69, 9.17) is 9.47 Å². The second-order valence-electron chi connectivity index (χ2n) is 3.23. The van der Waals surface area contributed by atoms with Crippen LogP contribution in [0.5, 0.6) is 0 Å². The number of aryl methyl sites for hydroxylation is 2. The predicted octanol–water partition coefficient (Wildman–Crippen LogP) is 3.61. The molecule has 0 aliphatic rings. The highest BCUT2D eigenvalue weighted by molar-refractivity contribution is 5.19. The highest BCUT2D eigenvalue weighted by atomic mass is 16.5. The Kier molecular flexibility index (Phi) is 8.79. The van der Waals surface area contributed by atoms with Crippen LogP contribution in [0.3, 0.4) is 0 Å². The number of ether oxygens (including phenoxy) is 2. The molecule has 0 radical (unpaired) electrons. The average molecular weight is 220 g/mol. The van der Waals surface area contributed by atoms with Crippen LogP contribution in [0.25, 0.3) is 0 Å². The number of hydrogen-bond donors (Lipinski definition) is 0. The molecule has 16 heavy (non-hydrogen) atoms. The molecule has 1 rings (SSSR count). The molecule has 0 saturated carbocycles. The van der Waals surface area contributed by atoms with E-state index in [1.54, 1.807) is 0 Å². The first-order valence-electron chi connectivity index (χ1n) is 5.19. The lowest BCUT2D eigenvalue weighted by atomic mass is 10.2. The van der Waals surface area contributed by atoms with Crippen LogP contribution >= 0.6 is 0 Å². The summed E-state index contributed by atoms with van der Waals surface area (Å²) in [6, 6.07) is 8.48. The van der Waals surface area contributed by atoms with E-state index in [2.05, 4.69) is 51.3 Å². The molecular weight excluding hydrogens is 200 g/mol. The van der Waals surface area contributed by atoms with Gasteiger partial charge in [-0.1, -0.05) is 48.6 Å². The van der Waals surface area contributed by atoms with Gasteiger partial charge >= 0.3 is 0 Å². The number of rotatable bonds is 5. The lowest BCUT2D eigenvalue weighted by molar-refractivity contribution is 0.151. The molecule has 88 valence electrons. The summed E-state index contributed by atoms with van der Waals surface area (Å²) in [5, 5.41) is 0. The first kappa shape index (κ1) is 14.3. The van der Waals surface area contributed by atoms with E-state index in [1.807, 2.05) is 0 Å². The number of hydrogen-bond acceptors (Lipinski definition) is 2. The zero-order valence-corrected chi connectivity index (χ0v) is 10.1. The van der Waals surface area contributed by atoms with Gasteiger partial charge in [-0.15, -0.1) is 0 Å². The minimum Gasteiger partial charge on any atom is -0.498 e. The lowest BCUT2D eigenvalue weighted by Gasteiger charge is -1.97. The molecule has 0 heterocycles. The van der Waals surface area contributed by atoms with Gasteiger partial charge in [0.25, 0.3) is 0 Å². The minimum atomic E-state index is 0.537. The van der Waals surface area contributed by atoms with Gasteiger partial charge < -0.3 is 9.47 Å². The third-order valence-electron chi connectivity index (χ3n) is 1.77. The summed E-state index contributed by atoms with van der Waals surface area (Å²) >= 11 is 0. The first-order chi connectivity index (χ1) is 7.70. The molecular formula is C14H20O2. The predicted molar refractivity (Wildman–Crippen MR) is 68.2 cm³/mol. The van der Waals surface area contributed by atoms with E-state index in [0.29, 0.717) is 13.2 Å². The molecule has 1 aromatic carbocycles. The third kappa shape index (κ3) is 8.88. The average Bonchev–Trinajstić information content (AvgIpc) is 2.30. The molecule has 1 aromatic rings. The van der Waals surface area contributed by atoms with Gasteiger partial charge in [0.05, 0.1) is 12.5 Å². The lowest BCUT2D eigenvalue weighted by Crippen LogP contribution is -1.95. The maximum atomic E-state index is 4.73. The fourth-order valence-corrected chi connectivity index (χ4v) is 0.900. The standard InChI is InChI=1S/C8H10.C6H10O2/c1-7-3-5-8(2)6-4-7;1-3-7-5-6-8-4-2/h3-6H,1-2H3;3-4H,1-2,5-6H2. The van der Waals surface area contributed by atoms with Gasteiger partial charge in [-0.2, -0.15) is 0 Å². The van der Waals surface area contributed by atoms with Gasteiger partial charge in [0, 0.05) is 0 Å². The summed E-state index contributed by atoms with van der Waals surface area (Å²) in [6.45, 7) is 12.0. The summed E-state index contributed by atoms with van der Waals surface area (Å²) in [4.78, 5) is 0. The summed E-state index contributed by atoms with van der Waals surface area (Å²) in [7, 11) is 0. The van der Waals surface area contributed by atoms with Gasteiger partial charge in [0.1, 0.15) is 13.2 Å². The maximum Gasteiger partial charge on any atom is 0.121 e. The first-order valence-corrected chi connectivity index (χ1v) is 5.19. The molecule has 2 nitrogen and oxygen atoms in total. The Balaban J connectivity index is 0.000000281. The quantitative estimate of drug-likeness (QED) is 0.557. The number of benzene rings is 1. The molecule has 0 fully saturated rings. The molecule has 0 N–H and O–H groups in total. The summed E-state index contributed by atoms with van der Waals surface area (Å²) in [5.74, 6) is 0. The van der Waals surface area contributed by atoms with E-state index >= 15 is 0 Å². The van der Waals surface area contributed by atoms with Crippen molar-refractivity contribution in [2.75, 3.05) is 13.2 Å². The fourth-order valence-electron chi connectivity index (χ4n) is 0.900. The van der Waals surface area contributed by atoms with Crippen molar-refractivity contribution in [1.29, 1.82) is 0 Å². The van der Waals surface area contributed by atoms with Gasteiger partial charge in [-0.25, -0.2) is 0 Å². The Bertz CT molecular complexity index is 257. The second-order valence-corrected chi connectivity index (χ2v) is 3.23. The molecule has 0 spiro atoms. The van der Waals surface area contributed by atoms with Gasteiger partial charge in [0.15, 0.2) is 0 Å². The molecule has 2 heteroatoms. The van der Waals surface area contributed by atoms with E-state index in [1.165, 1.54) is 23.7 Å². The van der Waals surface area contributed by atoms with E-state index in [9.17, 15) is 0 Å². The van der Waals surface area contributed by atoms with Crippen molar-refractivity contribution in [1.82, 2.24) is 0 Å². The van der Waals surface area contributed by atoms with Crippen molar-refractivity contribution in [3.8, 4) is 0 Å². The fraction of sp³-hybridized carbons (Fsp3) is 0.286. The van der Waals surface area contributed by atoms with Crippen LogP contribution in [-0.2, 0) is 9.47 Å². The van der Waals surface area contributed by atoms with E-state index < -0.39 is 0 Å². The molecule has 0 bridgehead atoms. The Hall–Kier alpha value is -1.70. The normalized spacial score (nSPS) is 8.38. The van der Waals surface area contributed by atoms with Crippen LogP contribution < -0.4 is 0 Å². The highest BCUT2D eigenvalue weighted by Crippen LogP contribution is 1.99. The molecule has 0 aromatic heterocycles. The van der Waals surface area contributed by atoms with Crippen LogP contribution in [0.15, 0.2) is 49.9 Å². The summed E-state index contributed by atoms with van der Waals surface area (Å²) in [5.41, 5.74) is 2.66. The molecule has 0 saturated heterocycles. The highest BCUT2D eigenvalue weighted by Gasteiger charge is 1.79. The van der Waals surface area contributed by atoms with Crippen LogP contribution in [0.1, 0.15) is 11.1 Å². The van der Waals surface area contributed by atoms with Gasteiger partial charge in [-0.3, -0.25) is 0 Å². The topological polar surface area (TPSA) is 18.5 Å². The zero-order chi connectivity index (χ0) is 12.2. The van der Waals surface area contributed by atoms with Crippen molar-refractivity contribution in [3.63, 3.8) is 0 Å². The Morgan fingerprint density at radius 1 is 0.875 bits per heavy atom. The SMILES string of the molecule is C=COCCOC=C.Cc1ccc(C)cc1. The van der Waals surface area contributed by atoms with Crippen LogP contribution in [0.4, 0.5) is 0 Å². The molecule has 0 aliphatic carbocycles. The van der Waals surface area contributed by atoms with Crippen molar-refractivity contribution in [2.24, 2.45) is 0 Å². The van der Waals surface area contributed by atoms with Gasteiger partial charge in [-0.05, 0) is 13.8 Å². The van der Waals surface area contributed by atoms with Crippen molar-refractivity contribution >= 4 is 0 Å².